The number of hydrogen-bond donors (Lipinski definition) is 2. The number of aromatic nitrogens is 1. The standard InChI is InChI=1S/C13H13BrN2O/c14-11-5-9(7-16-8-11)6-13(17)10-1-3-12(15)4-2-10/h1-5,7-8,13,17H,6,15H2. The van der Waals surface area contributed by atoms with Gasteiger partial charge in [-0.1, -0.05) is 12.1 Å². The average molecular weight is 293 g/mol. The van der Waals surface area contributed by atoms with Crippen molar-refractivity contribution in [3.8, 4) is 0 Å². The summed E-state index contributed by atoms with van der Waals surface area (Å²) in [5.41, 5.74) is 8.15. The van der Waals surface area contributed by atoms with E-state index in [0.717, 1.165) is 15.6 Å². The zero-order chi connectivity index (χ0) is 12.3. The smallest absolute Gasteiger partial charge is 0.0830 e. The van der Waals surface area contributed by atoms with E-state index in [2.05, 4.69) is 20.9 Å². The molecule has 0 saturated carbocycles. The lowest BCUT2D eigenvalue weighted by molar-refractivity contribution is 0.178. The van der Waals surface area contributed by atoms with Gasteiger partial charge in [-0.05, 0) is 45.3 Å². The van der Waals surface area contributed by atoms with Crippen LogP contribution in [0.3, 0.4) is 0 Å². The lowest BCUT2D eigenvalue weighted by atomic mass is 10.0. The van der Waals surface area contributed by atoms with Gasteiger partial charge in [-0.25, -0.2) is 0 Å². The molecule has 1 heterocycles. The van der Waals surface area contributed by atoms with Crippen molar-refractivity contribution in [2.45, 2.75) is 12.5 Å². The van der Waals surface area contributed by atoms with Crippen molar-refractivity contribution in [3.05, 3.63) is 58.3 Å². The van der Waals surface area contributed by atoms with E-state index in [1.165, 1.54) is 0 Å². The van der Waals surface area contributed by atoms with E-state index in [-0.39, 0.29) is 0 Å². The van der Waals surface area contributed by atoms with Gasteiger partial charge in [0.15, 0.2) is 0 Å². The van der Waals surface area contributed by atoms with Crippen LogP contribution in [0.4, 0.5) is 5.69 Å². The van der Waals surface area contributed by atoms with E-state index in [4.69, 9.17) is 5.73 Å². The number of hydrogen-bond acceptors (Lipinski definition) is 3. The van der Waals surface area contributed by atoms with Crippen molar-refractivity contribution in [2.24, 2.45) is 0 Å². The van der Waals surface area contributed by atoms with Crippen LogP contribution in [0.15, 0.2) is 47.2 Å². The minimum Gasteiger partial charge on any atom is -0.399 e. The third kappa shape index (κ3) is 3.28. The van der Waals surface area contributed by atoms with E-state index in [9.17, 15) is 5.11 Å². The van der Waals surface area contributed by atoms with Crippen LogP contribution in [0.25, 0.3) is 0 Å². The van der Waals surface area contributed by atoms with E-state index in [0.29, 0.717) is 12.1 Å². The first kappa shape index (κ1) is 12.1. The van der Waals surface area contributed by atoms with E-state index in [1.807, 2.05) is 18.2 Å². The van der Waals surface area contributed by atoms with Crippen LogP contribution in [-0.2, 0) is 6.42 Å². The quantitative estimate of drug-likeness (QED) is 0.855. The molecular weight excluding hydrogens is 280 g/mol. The van der Waals surface area contributed by atoms with Crippen LogP contribution >= 0.6 is 15.9 Å². The highest BCUT2D eigenvalue weighted by atomic mass is 79.9. The van der Waals surface area contributed by atoms with Gasteiger partial charge in [-0.3, -0.25) is 4.98 Å². The second kappa shape index (κ2) is 5.29. The van der Waals surface area contributed by atoms with Gasteiger partial charge in [0.05, 0.1) is 6.10 Å². The monoisotopic (exact) mass is 292 g/mol. The molecule has 0 aliphatic heterocycles. The maximum atomic E-state index is 10.1. The number of aliphatic hydroxyl groups excluding tert-OH is 1. The number of benzene rings is 1. The van der Waals surface area contributed by atoms with Gasteiger partial charge in [-0.2, -0.15) is 0 Å². The molecule has 0 aliphatic rings. The number of rotatable bonds is 3. The zero-order valence-electron chi connectivity index (χ0n) is 9.18. The molecule has 1 unspecified atom stereocenters. The molecule has 2 rings (SSSR count). The third-order valence-electron chi connectivity index (χ3n) is 2.51. The molecule has 0 fully saturated rings. The van der Waals surface area contributed by atoms with Crippen molar-refractivity contribution < 1.29 is 5.11 Å². The second-order valence-electron chi connectivity index (χ2n) is 3.90. The molecule has 17 heavy (non-hydrogen) atoms. The average Bonchev–Trinajstić information content (AvgIpc) is 2.29. The number of nitrogens with zero attached hydrogens (tertiary/aromatic N) is 1. The van der Waals surface area contributed by atoms with E-state index in [1.54, 1.807) is 24.5 Å². The first-order valence-corrected chi connectivity index (χ1v) is 6.07. The van der Waals surface area contributed by atoms with Gasteiger partial charge in [0.25, 0.3) is 0 Å². The molecule has 2 aromatic rings. The second-order valence-corrected chi connectivity index (χ2v) is 4.81. The lowest BCUT2D eigenvalue weighted by Gasteiger charge is -2.11. The van der Waals surface area contributed by atoms with Gasteiger partial charge >= 0.3 is 0 Å². The Balaban J connectivity index is 2.11. The molecule has 0 amide bonds. The molecule has 1 aromatic heterocycles. The first-order chi connectivity index (χ1) is 8.15. The number of anilines is 1. The highest BCUT2D eigenvalue weighted by Gasteiger charge is 2.08. The highest BCUT2D eigenvalue weighted by molar-refractivity contribution is 9.10. The van der Waals surface area contributed by atoms with Gasteiger partial charge in [0, 0.05) is 29.0 Å². The Bertz CT molecular complexity index is 499. The van der Waals surface area contributed by atoms with Gasteiger partial charge < -0.3 is 10.8 Å². The lowest BCUT2D eigenvalue weighted by Crippen LogP contribution is -2.02. The highest BCUT2D eigenvalue weighted by Crippen LogP contribution is 2.20. The largest absolute Gasteiger partial charge is 0.399 e. The van der Waals surface area contributed by atoms with Crippen LogP contribution in [0.1, 0.15) is 17.2 Å². The van der Waals surface area contributed by atoms with Crippen LogP contribution in [0.2, 0.25) is 0 Å². The molecule has 1 aromatic carbocycles. The first-order valence-electron chi connectivity index (χ1n) is 5.28. The molecule has 3 N–H and O–H groups in total. The SMILES string of the molecule is Nc1ccc(C(O)Cc2cncc(Br)c2)cc1. The summed E-state index contributed by atoms with van der Waals surface area (Å²) in [6.45, 7) is 0. The van der Waals surface area contributed by atoms with Crippen LogP contribution in [-0.4, -0.2) is 10.1 Å². The Kier molecular flexibility index (Phi) is 3.76. The molecule has 0 aliphatic carbocycles. The summed E-state index contributed by atoms with van der Waals surface area (Å²) in [4.78, 5) is 4.07. The summed E-state index contributed by atoms with van der Waals surface area (Å²) in [5.74, 6) is 0. The topological polar surface area (TPSA) is 59.1 Å². The Morgan fingerprint density at radius 2 is 1.94 bits per heavy atom. The number of nitrogen functional groups attached to an aromatic ring is 1. The zero-order valence-corrected chi connectivity index (χ0v) is 10.8. The van der Waals surface area contributed by atoms with Crippen LogP contribution in [0.5, 0.6) is 0 Å². The third-order valence-corrected chi connectivity index (χ3v) is 2.95. The van der Waals surface area contributed by atoms with Crippen molar-refractivity contribution in [1.29, 1.82) is 0 Å². The van der Waals surface area contributed by atoms with Gasteiger partial charge in [-0.15, -0.1) is 0 Å². The van der Waals surface area contributed by atoms with Crippen molar-refractivity contribution in [1.82, 2.24) is 4.98 Å². The molecular formula is C13H13BrN2O. The predicted molar refractivity (Wildman–Crippen MR) is 71.5 cm³/mol. The Morgan fingerprint density at radius 3 is 2.59 bits per heavy atom. The molecule has 0 spiro atoms. The van der Waals surface area contributed by atoms with Gasteiger partial charge in [0.1, 0.15) is 0 Å². The summed E-state index contributed by atoms with van der Waals surface area (Å²) >= 11 is 3.36. The minimum atomic E-state index is -0.535. The molecule has 4 heteroatoms. The van der Waals surface area contributed by atoms with E-state index >= 15 is 0 Å². The van der Waals surface area contributed by atoms with Crippen LogP contribution < -0.4 is 5.73 Å². The predicted octanol–water partition coefficient (Wildman–Crippen LogP) is 2.70. The Morgan fingerprint density at radius 1 is 1.24 bits per heavy atom. The fourth-order valence-electron chi connectivity index (χ4n) is 1.63. The molecule has 1 atom stereocenters. The van der Waals surface area contributed by atoms with Crippen molar-refractivity contribution >= 4 is 21.6 Å². The van der Waals surface area contributed by atoms with Gasteiger partial charge in [0.2, 0.25) is 0 Å². The summed E-state index contributed by atoms with van der Waals surface area (Å²) < 4.78 is 0.916. The molecule has 0 radical (unpaired) electrons. The van der Waals surface area contributed by atoms with E-state index < -0.39 is 6.10 Å². The molecule has 3 nitrogen and oxygen atoms in total. The van der Waals surface area contributed by atoms with Crippen molar-refractivity contribution in [2.75, 3.05) is 5.73 Å². The normalized spacial score (nSPS) is 12.4. The van der Waals surface area contributed by atoms with Crippen LogP contribution in [0, 0.1) is 0 Å². The molecule has 88 valence electrons. The maximum Gasteiger partial charge on any atom is 0.0830 e. The number of aliphatic hydroxyl groups is 1. The Labute approximate surface area is 108 Å². The summed E-state index contributed by atoms with van der Waals surface area (Å²) in [6, 6.07) is 9.21. The number of pyridine rings is 1. The maximum absolute atomic E-state index is 10.1. The minimum absolute atomic E-state index is 0.535. The summed E-state index contributed by atoms with van der Waals surface area (Å²) in [5, 5.41) is 10.1. The Hall–Kier alpha value is -1.39. The fraction of sp³-hybridized carbons (Fsp3) is 0.154. The van der Waals surface area contributed by atoms with Crippen molar-refractivity contribution in [3.63, 3.8) is 0 Å². The fourth-order valence-corrected chi connectivity index (χ4v) is 2.04. The summed E-state index contributed by atoms with van der Waals surface area (Å²) in [7, 11) is 0. The molecule has 0 bridgehead atoms. The number of halogens is 1. The molecule has 0 saturated heterocycles. The number of nitrogens with two attached hydrogens (primary N) is 1. The summed E-state index contributed by atoms with van der Waals surface area (Å²) in [6.07, 6.45) is 3.48.